The number of benzene rings is 2. The Morgan fingerprint density at radius 1 is 1.12 bits per heavy atom. The molecule has 4 rings (SSSR count). The van der Waals surface area contributed by atoms with Crippen LogP contribution in [0.1, 0.15) is 29.5 Å². The summed E-state index contributed by atoms with van der Waals surface area (Å²) in [7, 11) is -3.83. The van der Waals surface area contributed by atoms with Crippen molar-refractivity contribution in [3.63, 3.8) is 0 Å². The van der Waals surface area contributed by atoms with Gasteiger partial charge in [-0.1, -0.05) is 6.07 Å². The van der Waals surface area contributed by atoms with Gasteiger partial charge >= 0.3 is 0 Å². The van der Waals surface area contributed by atoms with Gasteiger partial charge in [-0.25, -0.2) is 8.42 Å². The number of fused-ring (bicyclic) bond motifs is 1. The number of hydrogen-bond donors (Lipinski definition) is 2. The molecule has 0 spiro atoms. The number of piperidine rings is 1. The van der Waals surface area contributed by atoms with Crippen molar-refractivity contribution in [3.8, 4) is 5.75 Å². The lowest BCUT2D eigenvalue weighted by atomic mass is 9.98. The molecule has 2 N–H and O–H groups in total. The summed E-state index contributed by atoms with van der Waals surface area (Å²) in [4.78, 5) is 24.5. The molecule has 2 aliphatic heterocycles. The fourth-order valence-corrected chi connectivity index (χ4v) is 5.82. The molecule has 0 bridgehead atoms. The van der Waals surface area contributed by atoms with Crippen molar-refractivity contribution in [3.05, 3.63) is 47.0 Å². The topological polar surface area (TPSA) is 105 Å². The van der Waals surface area contributed by atoms with Crippen LogP contribution in [-0.2, 0) is 19.6 Å². The molecule has 0 aliphatic carbocycles. The highest BCUT2D eigenvalue weighted by Gasteiger charge is 2.35. The summed E-state index contributed by atoms with van der Waals surface area (Å²) in [5.41, 5.74) is 3.90. The molecule has 1 saturated heterocycles. The van der Waals surface area contributed by atoms with Crippen LogP contribution in [0, 0.1) is 26.7 Å². The molecule has 32 heavy (non-hydrogen) atoms. The third-order valence-corrected chi connectivity index (χ3v) is 8.06. The van der Waals surface area contributed by atoms with Crippen LogP contribution in [0.5, 0.6) is 5.75 Å². The molecule has 9 heteroatoms. The van der Waals surface area contributed by atoms with Crippen LogP contribution >= 0.6 is 0 Å². The van der Waals surface area contributed by atoms with Crippen molar-refractivity contribution >= 4 is 33.2 Å². The molecular weight excluding hydrogens is 430 g/mol. The van der Waals surface area contributed by atoms with Gasteiger partial charge in [-0.3, -0.25) is 9.59 Å². The summed E-state index contributed by atoms with van der Waals surface area (Å²) in [6.45, 7) is 5.99. The zero-order valence-corrected chi connectivity index (χ0v) is 19.2. The minimum Gasteiger partial charge on any atom is -0.482 e. The van der Waals surface area contributed by atoms with Crippen LogP contribution in [0.2, 0.25) is 0 Å². The van der Waals surface area contributed by atoms with Gasteiger partial charge in [-0.2, -0.15) is 4.31 Å². The maximum atomic E-state index is 13.4. The zero-order chi connectivity index (χ0) is 23.0. The number of carbonyl (C=O) groups excluding carboxylic acids is 2. The third-order valence-electron chi connectivity index (χ3n) is 6.06. The van der Waals surface area contributed by atoms with Crippen molar-refractivity contribution in [1.82, 2.24) is 4.31 Å². The van der Waals surface area contributed by atoms with Gasteiger partial charge in [-0.05, 0) is 68.5 Å². The Bertz CT molecular complexity index is 1190. The van der Waals surface area contributed by atoms with E-state index in [-0.39, 0.29) is 29.9 Å². The maximum absolute atomic E-state index is 13.4. The maximum Gasteiger partial charge on any atom is 0.262 e. The van der Waals surface area contributed by atoms with Crippen molar-refractivity contribution in [1.29, 1.82) is 0 Å². The summed E-state index contributed by atoms with van der Waals surface area (Å²) in [5.74, 6) is -0.564. The van der Waals surface area contributed by atoms with Crippen molar-refractivity contribution in [2.45, 2.75) is 38.5 Å². The van der Waals surface area contributed by atoms with Crippen LogP contribution in [-0.4, -0.2) is 44.2 Å². The fraction of sp³-hybridized carbons (Fsp3) is 0.391. The fourth-order valence-electron chi connectivity index (χ4n) is 4.07. The van der Waals surface area contributed by atoms with Gasteiger partial charge in [-0.15, -0.1) is 0 Å². The van der Waals surface area contributed by atoms with Crippen LogP contribution in [0.4, 0.5) is 11.4 Å². The van der Waals surface area contributed by atoms with E-state index in [1.54, 1.807) is 13.0 Å². The molecule has 8 nitrogen and oxygen atoms in total. The lowest BCUT2D eigenvalue weighted by molar-refractivity contribution is -0.121. The minimum absolute atomic E-state index is 0.118. The monoisotopic (exact) mass is 457 g/mol. The Morgan fingerprint density at radius 2 is 1.91 bits per heavy atom. The lowest BCUT2D eigenvalue weighted by Crippen LogP contribution is -2.43. The number of carbonyl (C=O) groups is 2. The van der Waals surface area contributed by atoms with Gasteiger partial charge in [0, 0.05) is 24.8 Å². The highest BCUT2D eigenvalue weighted by molar-refractivity contribution is 7.89. The number of nitrogens with zero attached hydrogens (tertiary/aromatic N) is 1. The number of rotatable bonds is 4. The highest BCUT2D eigenvalue weighted by Crippen LogP contribution is 2.35. The number of nitrogens with one attached hydrogen (secondary N) is 2. The largest absolute Gasteiger partial charge is 0.482 e. The second-order valence-corrected chi connectivity index (χ2v) is 10.3. The van der Waals surface area contributed by atoms with Crippen LogP contribution in [0.25, 0.3) is 0 Å². The van der Waals surface area contributed by atoms with E-state index in [2.05, 4.69) is 10.6 Å². The third kappa shape index (κ3) is 4.35. The molecule has 2 amide bonds. The number of ether oxygens (including phenoxy) is 1. The molecule has 2 heterocycles. The molecule has 2 aromatic carbocycles. The Morgan fingerprint density at radius 3 is 2.66 bits per heavy atom. The van der Waals surface area contributed by atoms with Gasteiger partial charge in [0.15, 0.2) is 6.61 Å². The second-order valence-electron chi connectivity index (χ2n) is 8.44. The van der Waals surface area contributed by atoms with Crippen molar-refractivity contribution in [2.75, 3.05) is 30.3 Å². The molecular formula is C23H27N3O5S. The molecule has 0 saturated carbocycles. The first-order chi connectivity index (χ1) is 15.1. The number of anilines is 2. The average molecular weight is 458 g/mol. The average Bonchev–Trinajstić information content (AvgIpc) is 2.75. The molecule has 170 valence electrons. The first-order valence-electron chi connectivity index (χ1n) is 10.6. The van der Waals surface area contributed by atoms with Gasteiger partial charge in [0.2, 0.25) is 15.9 Å². The Balaban J connectivity index is 1.53. The predicted molar refractivity (Wildman–Crippen MR) is 121 cm³/mol. The normalized spacial score (nSPS) is 19.0. The molecule has 2 aliphatic rings. The first kappa shape index (κ1) is 22.3. The molecule has 1 unspecified atom stereocenters. The van der Waals surface area contributed by atoms with Crippen LogP contribution < -0.4 is 15.4 Å². The first-order valence-corrected chi connectivity index (χ1v) is 12.0. The summed E-state index contributed by atoms with van der Waals surface area (Å²) in [5, 5.41) is 5.61. The van der Waals surface area contributed by atoms with Gasteiger partial charge in [0.05, 0.1) is 16.5 Å². The van der Waals surface area contributed by atoms with E-state index in [9.17, 15) is 18.0 Å². The highest BCUT2D eigenvalue weighted by atomic mass is 32.2. The molecule has 1 fully saturated rings. The smallest absolute Gasteiger partial charge is 0.262 e. The van der Waals surface area contributed by atoms with E-state index in [1.807, 2.05) is 32.0 Å². The summed E-state index contributed by atoms with van der Waals surface area (Å²) in [6.07, 6.45) is 1.22. The zero-order valence-electron chi connectivity index (χ0n) is 18.4. The lowest BCUT2D eigenvalue weighted by Gasteiger charge is -2.32. The Kier molecular flexibility index (Phi) is 5.96. The standard InChI is InChI=1S/C23H27N3O5S/c1-14-6-7-18(9-15(14)2)24-23(28)17-5-4-8-26(12-17)32(29,30)21-11-20-19(10-16(21)3)25-22(27)13-31-20/h6-7,9-11,17H,4-5,8,12-13H2,1-3H3,(H,24,28)(H,25,27). The van der Waals surface area contributed by atoms with E-state index in [1.165, 1.54) is 10.4 Å². The summed E-state index contributed by atoms with van der Waals surface area (Å²) < 4.78 is 33.6. The Hall–Kier alpha value is -2.91. The number of hydrogen-bond acceptors (Lipinski definition) is 5. The van der Waals surface area contributed by atoms with E-state index < -0.39 is 15.9 Å². The number of sulfonamides is 1. The summed E-state index contributed by atoms with van der Waals surface area (Å²) in [6, 6.07) is 8.78. The SMILES string of the molecule is Cc1ccc(NC(=O)C2CCCN(S(=O)(=O)c3cc4c(cc3C)NC(=O)CO4)C2)cc1C. The quantitative estimate of drug-likeness (QED) is 0.734. The second kappa shape index (κ2) is 8.55. The van der Waals surface area contributed by atoms with Crippen LogP contribution in [0.3, 0.4) is 0 Å². The van der Waals surface area contributed by atoms with Gasteiger partial charge < -0.3 is 15.4 Å². The molecule has 2 aromatic rings. The van der Waals surface area contributed by atoms with E-state index in [4.69, 9.17) is 4.74 Å². The molecule has 1 atom stereocenters. The number of amides is 2. The van der Waals surface area contributed by atoms with Crippen molar-refractivity contribution < 1.29 is 22.7 Å². The predicted octanol–water partition coefficient (Wildman–Crippen LogP) is 2.98. The minimum atomic E-state index is -3.83. The number of aryl methyl sites for hydroxylation is 3. The van der Waals surface area contributed by atoms with E-state index >= 15 is 0 Å². The van der Waals surface area contributed by atoms with Crippen LogP contribution in [0.15, 0.2) is 35.2 Å². The summed E-state index contributed by atoms with van der Waals surface area (Å²) >= 11 is 0. The van der Waals surface area contributed by atoms with Crippen molar-refractivity contribution in [2.24, 2.45) is 5.92 Å². The van der Waals surface area contributed by atoms with Gasteiger partial charge in [0.25, 0.3) is 5.91 Å². The molecule has 0 aromatic heterocycles. The Labute approximate surface area is 188 Å². The molecule has 0 radical (unpaired) electrons. The van der Waals surface area contributed by atoms with E-state index in [0.29, 0.717) is 42.1 Å². The van der Waals surface area contributed by atoms with E-state index in [0.717, 1.165) is 11.1 Å². The van der Waals surface area contributed by atoms with Gasteiger partial charge in [0.1, 0.15) is 5.75 Å².